The Morgan fingerprint density at radius 3 is 2.76 bits per heavy atom. The van der Waals surface area contributed by atoms with Gasteiger partial charge >= 0.3 is 116 Å². The molecule has 0 unspecified atom stereocenters. The van der Waals surface area contributed by atoms with Crippen molar-refractivity contribution >= 4 is 43.8 Å². The van der Waals surface area contributed by atoms with Crippen molar-refractivity contribution in [1.82, 2.24) is 0 Å². The third kappa shape index (κ3) is 2.81. The molecule has 0 bridgehead atoms. The number of hydrogen-bond donors (Lipinski definition) is 0. The molecule has 17 heavy (non-hydrogen) atoms. The van der Waals surface area contributed by atoms with Gasteiger partial charge in [0.25, 0.3) is 0 Å². The predicted molar refractivity (Wildman–Crippen MR) is 76.7 cm³/mol. The third-order valence-corrected chi connectivity index (χ3v) is 5.71. The Bertz CT molecular complexity index is 496. The van der Waals surface area contributed by atoms with Crippen LogP contribution in [0.2, 0.25) is 16.4 Å². The van der Waals surface area contributed by atoms with Gasteiger partial charge in [0.05, 0.1) is 0 Å². The van der Waals surface area contributed by atoms with Gasteiger partial charge in [0.2, 0.25) is 0 Å². The molecule has 0 radical (unpaired) electrons. The molecule has 0 N–H and O–H groups in total. The molecular formula is C13H14AsClOS. The summed E-state index contributed by atoms with van der Waals surface area (Å²) in [6.45, 7) is 2.10. The zero-order valence-corrected chi connectivity index (χ0v) is 13.5. The van der Waals surface area contributed by atoms with Crippen LogP contribution in [0.1, 0.15) is 17.3 Å². The number of fused-ring (bicyclic) bond motifs is 1. The van der Waals surface area contributed by atoms with Crippen molar-refractivity contribution in [1.29, 1.82) is 0 Å². The third-order valence-electron chi connectivity index (χ3n) is 2.59. The van der Waals surface area contributed by atoms with Crippen molar-refractivity contribution in [3.05, 3.63) is 39.2 Å². The van der Waals surface area contributed by atoms with Gasteiger partial charge in [-0.15, -0.1) is 0 Å². The standard InChI is InChI=1S/C13H14AsClOS/c1-8-11(7-14(2)3)13(16)10-6-9(15)4-5-12(10)17-8/h4-8H,1-3H3/b11-7+/t8-/m1/s1. The van der Waals surface area contributed by atoms with Gasteiger partial charge in [0.15, 0.2) is 0 Å². The van der Waals surface area contributed by atoms with E-state index in [0.29, 0.717) is 5.02 Å². The molecule has 1 heterocycles. The van der Waals surface area contributed by atoms with E-state index in [-0.39, 0.29) is 11.0 Å². The van der Waals surface area contributed by atoms with Crippen LogP contribution >= 0.6 is 23.4 Å². The molecule has 0 spiro atoms. The second kappa shape index (κ2) is 5.22. The molecule has 1 aromatic carbocycles. The van der Waals surface area contributed by atoms with Crippen molar-refractivity contribution in [2.45, 2.75) is 28.5 Å². The fraction of sp³-hybridized carbons (Fsp3) is 0.308. The zero-order chi connectivity index (χ0) is 12.6. The van der Waals surface area contributed by atoms with E-state index in [9.17, 15) is 4.79 Å². The number of carbonyl (C=O) groups excluding carboxylic acids is 1. The minimum atomic E-state index is -0.940. The second-order valence-electron chi connectivity index (χ2n) is 4.28. The van der Waals surface area contributed by atoms with Gasteiger partial charge < -0.3 is 0 Å². The van der Waals surface area contributed by atoms with Gasteiger partial charge in [-0.1, -0.05) is 0 Å². The van der Waals surface area contributed by atoms with Gasteiger partial charge in [-0.2, -0.15) is 0 Å². The summed E-state index contributed by atoms with van der Waals surface area (Å²) < 4.78 is 0. The van der Waals surface area contributed by atoms with Crippen LogP contribution in [0.4, 0.5) is 0 Å². The molecule has 2 rings (SSSR count). The first-order valence-corrected chi connectivity index (χ1v) is 11.5. The van der Waals surface area contributed by atoms with Gasteiger partial charge in [0, 0.05) is 0 Å². The molecule has 4 heteroatoms. The van der Waals surface area contributed by atoms with Crippen molar-refractivity contribution in [3.8, 4) is 0 Å². The Kier molecular flexibility index (Phi) is 4.07. The number of rotatable bonds is 1. The van der Waals surface area contributed by atoms with Gasteiger partial charge in [-0.3, -0.25) is 0 Å². The first kappa shape index (κ1) is 13.3. The molecule has 1 nitrogen and oxygen atoms in total. The SMILES string of the molecule is C[C@H]1Sc2ccc(Cl)cc2C(=O)/C1=C/[As](C)C. The molecule has 1 aliphatic rings. The van der Waals surface area contributed by atoms with Crippen LogP contribution in [0.15, 0.2) is 33.5 Å². The molecule has 1 aromatic rings. The molecule has 0 aromatic heterocycles. The maximum atomic E-state index is 12.4. The minimum absolute atomic E-state index is 0.164. The van der Waals surface area contributed by atoms with E-state index in [1.807, 2.05) is 12.1 Å². The average molecular weight is 329 g/mol. The van der Waals surface area contributed by atoms with Crippen LogP contribution in [0.25, 0.3) is 0 Å². The molecule has 0 saturated heterocycles. The number of Topliss-reactive ketones (excluding diaryl/α,β-unsaturated/α-hetero) is 1. The average Bonchev–Trinajstić information content (AvgIpc) is 2.25. The van der Waals surface area contributed by atoms with E-state index < -0.39 is 14.7 Å². The monoisotopic (exact) mass is 328 g/mol. The van der Waals surface area contributed by atoms with E-state index in [2.05, 4.69) is 23.2 Å². The number of benzene rings is 1. The first-order chi connectivity index (χ1) is 7.99. The van der Waals surface area contributed by atoms with Crippen molar-refractivity contribution in [3.63, 3.8) is 0 Å². The summed E-state index contributed by atoms with van der Waals surface area (Å²) in [7, 11) is 0. The quantitative estimate of drug-likeness (QED) is 0.566. The second-order valence-corrected chi connectivity index (χ2v) is 10.7. The summed E-state index contributed by atoms with van der Waals surface area (Å²) in [6.07, 6.45) is 0. The van der Waals surface area contributed by atoms with E-state index in [1.165, 1.54) is 0 Å². The summed E-state index contributed by atoms with van der Waals surface area (Å²) in [6, 6.07) is 5.58. The fourth-order valence-electron chi connectivity index (χ4n) is 1.82. The van der Waals surface area contributed by atoms with Crippen molar-refractivity contribution in [2.24, 2.45) is 0 Å². The van der Waals surface area contributed by atoms with Crippen molar-refractivity contribution in [2.75, 3.05) is 0 Å². The molecule has 0 saturated carbocycles. The van der Waals surface area contributed by atoms with E-state index in [0.717, 1.165) is 16.0 Å². The Labute approximate surface area is 116 Å². The van der Waals surface area contributed by atoms with Crippen LogP contribution in [0, 0.1) is 0 Å². The topological polar surface area (TPSA) is 17.1 Å². The number of ketones is 1. The summed E-state index contributed by atoms with van der Waals surface area (Å²) >= 11 is 6.77. The first-order valence-electron chi connectivity index (χ1n) is 5.38. The molecule has 1 aliphatic heterocycles. The Balaban J connectivity index is 2.49. The summed E-state index contributed by atoms with van der Waals surface area (Å²) in [5.74, 6) is 0.164. The van der Waals surface area contributed by atoms with E-state index in [1.54, 1.807) is 17.8 Å². The molecular weight excluding hydrogens is 315 g/mol. The maximum absolute atomic E-state index is 12.4. The summed E-state index contributed by atoms with van der Waals surface area (Å²) in [5.41, 5.74) is 6.20. The Hall–Kier alpha value is -0.172. The van der Waals surface area contributed by atoms with E-state index >= 15 is 0 Å². The molecule has 0 fully saturated rings. The van der Waals surface area contributed by atoms with Crippen molar-refractivity contribution < 1.29 is 4.79 Å². The normalized spacial score (nSPS) is 22.1. The molecule has 90 valence electrons. The zero-order valence-electron chi connectivity index (χ0n) is 10.0. The van der Waals surface area contributed by atoms with Gasteiger partial charge in [0.1, 0.15) is 0 Å². The molecule has 0 amide bonds. The summed E-state index contributed by atoms with van der Waals surface area (Å²) in [5, 5.41) is 0.891. The molecule has 0 aliphatic carbocycles. The van der Waals surface area contributed by atoms with Gasteiger partial charge in [-0.05, 0) is 0 Å². The number of carbonyl (C=O) groups is 1. The van der Waals surface area contributed by atoms with Crippen LogP contribution in [0.5, 0.6) is 0 Å². The summed E-state index contributed by atoms with van der Waals surface area (Å²) in [4.78, 5) is 15.7. The predicted octanol–water partition coefficient (Wildman–Crippen LogP) is 4.24. The number of thioether (sulfide) groups is 1. The number of halogens is 1. The van der Waals surface area contributed by atoms with Crippen LogP contribution in [0.3, 0.4) is 0 Å². The Morgan fingerprint density at radius 1 is 1.41 bits per heavy atom. The Morgan fingerprint density at radius 2 is 2.12 bits per heavy atom. The van der Waals surface area contributed by atoms with Crippen LogP contribution in [-0.2, 0) is 0 Å². The number of hydrogen-bond acceptors (Lipinski definition) is 2. The van der Waals surface area contributed by atoms with E-state index in [4.69, 9.17) is 11.6 Å². The van der Waals surface area contributed by atoms with Crippen LogP contribution in [-0.4, -0.2) is 25.7 Å². The van der Waals surface area contributed by atoms with Crippen LogP contribution < -0.4 is 0 Å². The molecule has 1 atom stereocenters. The van der Waals surface area contributed by atoms with Gasteiger partial charge in [-0.25, -0.2) is 0 Å². The fourth-order valence-corrected chi connectivity index (χ4v) is 5.20.